The van der Waals surface area contributed by atoms with Crippen molar-refractivity contribution in [3.8, 4) is 0 Å². The van der Waals surface area contributed by atoms with E-state index in [2.05, 4.69) is 0 Å². The highest BCUT2D eigenvalue weighted by Gasteiger charge is 2.73. The molecule has 0 unspecified atom stereocenters. The Morgan fingerprint density at radius 2 is 1.23 bits per heavy atom. The zero-order valence-electron chi connectivity index (χ0n) is 11.6. The van der Waals surface area contributed by atoms with E-state index in [9.17, 15) is 35.5 Å². The van der Waals surface area contributed by atoms with Crippen molar-refractivity contribution in [3.63, 3.8) is 0 Å². The molecule has 0 heterocycles. The molecule has 0 aliphatic heterocycles. The number of halogens is 7. The van der Waals surface area contributed by atoms with Gasteiger partial charge in [-0.25, -0.2) is 4.39 Å². The SMILES string of the molecule is CCc1cc(C(F)(C(F)(F)F)C(F)(F)F)cc(CC)c1[C]=O. The zero-order chi connectivity index (χ0) is 17.3. The fourth-order valence-corrected chi connectivity index (χ4v) is 2.14. The van der Waals surface area contributed by atoms with Crippen molar-refractivity contribution in [1.29, 1.82) is 0 Å². The number of carbonyl (C=O) groups excluding carboxylic acids is 1. The van der Waals surface area contributed by atoms with Gasteiger partial charge >= 0.3 is 18.0 Å². The summed E-state index contributed by atoms with van der Waals surface area (Å²) in [5, 5.41) is 0. The van der Waals surface area contributed by atoms with Gasteiger partial charge in [-0.05, 0) is 24.0 Å². The largest absolute Gasteiger partial charge is 0.435 e. The van der Waals surface area contributed by atoms with Crippen LogP contribution in [0.3, 0.4) is 0 Å². The normalized spacial score (nSPS) is 13.3. The fraction of sp³-hybridized carbons (Fsp3) is 0.500. The minimum atomic E-state index is -6.17. The molecule has 0 N–H and O–H groups in total. The standard InChI is InChI=1S/C14H12F7O/c1-3-8-5-10(6-9(4-2)11(8)7-22)12(15,13(16,17)18)14(19,20)21/h5-6H,3-4H2,1-2H3. The summed E-state index contributed by atoms with van der Waals surface area (Å²) >= 11 is 0. The van der Waals surface area contributed by atoms with E-state index in [0.29, 0.717) is 12.1 Å². The number of hydrogen-bond donors (Lipinski definition) is 0. The Labute approximate surface area is 122 Å². The van der Waals surface area contributed by atoms with Crippen LogP contribution >= 0.6 is 0 Å². The van der Waals surface area contributed by atoms with Crippen molar-refractivity contribution in [2.45, 2.75) is 44.7 Å². The topological polar surface area (TPSA) is 17.1 Å². The molecule has 0 spiro atoms. The lowest BCUT2D eigenvalue weighted by Gasteiger charge is -2.31. The van der Waals surface area contributed by atoms with Gasteiger partial charge in [0.1, 0.15) is 0 Å². The Kier molecular flexibility index (Phi) is 4.94. The second-order valence-electron chi connectivity index (χ2n) is 4.63. The molecule has 0 saturated heterocycles. The summed E-state index contributed by atoms with van der Waals surface area (Å²) < 4.78 is 90.7. The van der Waals surface area contributed by atoms with Gasteiger partial charge in [0, 0.05) is 11.1 Å². The van der Waals surface area contributed by atoms with Crippen molar-refractivity contribution in [1.82, 2.24) is 0 Å². The van der Waals surface area contributed by atoms with E-state index in [1.807, 2.05) is 0 Å². The first-order valence-electron chi connectivity index (χ1n) is 6.30. The van der Waals surface area contributed by atoms with Crippen LogP contribution in [0.2, 0.25) is 0 Å². The molecule has 0 aliphatic rings. The van der Waals surface area contributed by atoms with Crippen LogP contribution < -0.4 is 0 Å². The molecule has 0 aliphatic carbocycles. The maximum atomic E-state index is 14.1. The monoisotopic (exact) mass is 329 g/mol. The zero-order valence-corrected chi connectivity index (χ0v) is 11.6. The highest BCUT2D eigenvalue weighted by Crippen LogP contribution is 2.53. The van der Waals surface area contributed by atoms with E-state index in [1.54, 1.807) is 0 Å². The molecule has 0 atom stereocenters. The molecule has 22 heavy (non-hydrogen) atoms. The molecule has 0 bridgehead atoms. The first kappa shape index (κ1) is 18.4. The van der Waals surface area contributed by atoms with Crippen LogP contribution in [0.4, 0.5) is 30.7 Å². The Bertz CT molecular complexity index is 518. The number of hydrogen-bond acceptors (Lipinski definition) is 1. The highest BCUT2D eigenvalue weighted by molar-refractivity contribution is 5.80. The quantitative estimate of drug-likeness (QED) is 0.740. The predicted molar refractivity (Wildman–Crippen MR) is 64.9 cm³/mol. The second-order valence-corrected chi connectivity index (χ2v) is 4.63. The van der Waals surface area contributed by atoms with Crippen LogP contribution in [0, 0.1) is 0 Å². The summed E-state index contributed by atoms with van der Waals surface area (Å²) in [7, 11) is 0. The summed E-state index contributed by atoms with van der Waals surface area (Å²) in [5.41, 5.74) is -7.41. The molecule has 1 aromatic carbocycles. The van der Waals surface area contributed by atoms with Gasteiger partial charge in [0.25, 0.3) is 0 Å². The summed E-state index contributed by atoms with van der Waals surface area (Å²) in [4.78, 5) is 10.9. The van der Waals surface area contributed by atoms with Gasteiger partial charge < -0.3 is 0 Å². The van der Waals surface area contributed by atoms with E-state index in [-0.39, 0.29) is 29.5 Å². The van der Waals surface area contributed by atoms with Crippen molar-refractivity contribution < 1.29 is 35.5 Å². The van der Waals surface area contributed by atoms with Crippen LogP contribution in [0.15, 0.2) is 12.1 Å². The van der Waals surface area contributed by atoms with Crippen molar-refractivity contribution >= 4 is 6.29 Å². The van der Waals surface area contributed by atoms with E-state index in [0.717, 1.165) is 0 Å². The van der Waals surface area contributed by atoms with Crippen LogP contribution in [-0.4, -0.2) is 18.6 Å². The smallest absolute Gasteiger partial charge is 0.285 e. The van der Waals surface area contributed by atoms with Crippen LogP contribution in [0.1, 0.15) is 36.1 Å². The van der Waals surface area contributed by atoms with Crippen molar-refractivity contribution in [2.75, 3.05) is 0 Å². The third-order valence-electron chi connectivity index (χ3n) is 3.34. The Hall–Kier alpha value is -1.60. The van der Waals surface area contributed by atoms with E-state index in [4.69, 9.17) is 0 Å². The molecule has 1 nitrogen and oxygen atoms in total. The van der Waals surface area contributed by atoms with Gasteiger partial charge in [-0.1, -0.05) is 26.0 Å². The van der Waals surface area contributed by atoms with Crippen LogP contribution in [0.25, 0.3) is 0 Å². The number of aryl methyl sites for hydroxylation is 2. The number of alkyl halides is 7. The molecule has 1 rings (SSSR count). The minimum absolute atomic E-state index is 0.0305. The number of benzene rings is 1. The lowest BCUT2D eigenvalue weighted by Crippen LogP contribution is -2.50. The van der Waals surface area contributed by atoms with E-state index < -0.39 is 23.6 Å². The van der Waals surface area contributed by atoms with Crippen LogP contribution in [-0.2, 0) is 23.3 Å². The van der Waals surface area contributed by atoms with Crippen molar-refractivity contribution in [2.24, 2.45) is 0 Å². The molecule has 1 aromatic rings. The average Bonchev–Trinajstić information content (AvgIpc) is 2.42. The lowest BCUT2D eigenvalue weighted by atomic mass is 9.87. The summed E-state index contributed by atoms with van der Waals surface area (Å²) in [5.74, 6) is 0. The van der Waals surface area contributed by atoms with Gasteiger partial charge in [0.15, 0.2) is 0 Å². The fourth-order valence-electron chi connectivity index (χ4n) is 2.14. The van der Waals surface area contributed by atoms with Gasteiger partial charge in [0.05, 0.1) is 0 Å². The van der Waals surface area contributed by atoms with Crippen molar-refractivity contribution in [3.05, 3.63) is 34.4 Å². The first-order chi connectivity index (χ1) is 9.93. The second kappa shape index (κ2) is 5.89. The summed E-state index contributed by atoms with van der Waals surface area (Å²) in [6, 6.07) is 0.862. The molecule has 0 fully saturated rings. The third kappa shape index (κ3) is 2.83. The average molecular weight is 329 g/mol. The molecule has 0 amide bonds. The van der Waals surface area contributed by atoms with E-state index >= 15 is 0 Å². The first-order valence-corrected chi connectivity index (χ1v) is 6.30. The Morgan fingerprint density at radius 1 is 0.864 bits per heavy atom. The Balaban J connectivity index is 3.76. The maximum absolute atomic E-state index is 14.1. The summed E-state index contributed by atoms with van der Waals surface area (Å²) in [6.45, 7) is 2.86. The Morgan fingerprint density at radius 3 is 1.45 bits per heavy atom. The molecule has 8 heteroatoms. The molecule has 0 saturated carbocycles. The summed E-state index contributed by atoms with van der Waals surface area (Å²) in [6.07, 6.45) is -10.9. The molecule has 1 radical (unpaired) electrons. The van der Waals surface area contributed by atoms with Gasteiger partial charge in [0.2, 0.25) is 6.29 Å². The highest BCUT2D eigenvalue weighted by atomic mass is 19.4. The molecule has 123 valence electrons. The third-order valence-corrected chi connectivity index (χ3v) is 3.34. The molecular formula is C14H12F7O. The maximum Gasteiger partial charge on any atom is 0.435 e. The van der Waals surface area contributed by atoms with Gasteiger partial charge in [-0.2, -0.15) is 26.3 Å². The van der Waals surface area contributed by atoms with Gasteiger partial charge in [-0.15, -0.1) is 0 Å². The lowest BCUT2D eigenvalue weighted by molar-refractivity contribution is -0.348. The van der Waals surface area contributed by atoms with E-state index in [1.165, 1.54) is 20.1 Å². The van der Waals surface area contributed by atoms with Gasteiger partial charge in [-0.3, -0.25) is 4.79 Å². The van der Waals surface area contributed by atoms with Crippen LogP contribution in [0.5, 0.6) is 0 Å². The predicted octanol–water partition coefficient (Wildman–Crippen LogP) is 4.56. The molecular weight excluding hydrogens is 317 g/mol. The molecule has 0 aromatic heterocycles. The number of rotatable bonds is 4. The minimum Gasteiger partial charge on any atom is -0.285 e.